The summed E-state index contributed by atoms with van der Waals surface area (Å²) >= 11 is 0. The molecule has 3 rings (SSSR count). The van der Waals surface area contributed by atoms with Gasteiger partial charge in [0.2, 0.25) is 10.0 Å². The van der Waals surface area contributed by atoms with Gasteiger partial charge in [-0.1, -0.05) is 30.9 Å². The Morgan fingerprint density at radius 1 is 1.17 bits per heavy atom. The van der Waals surface area contributed by atoms with Crippen LogP contribution in [0.3, 0.4) is 0 Å². The van der Waals surface area contributed by atoms with E-state index in [9.17, 15) is 13.2 Å². The smallest absolute Gasteiger partial charge is 0.255 e. The summed E-state index contributed by atoms with van der Waals surface area (Å²) in [5, 5.41) is 2.81. The number of nitrogens with zero attached hydrogens (tertiary/aromatic N) is 1. The first-order valence-corrected chi connectivity index (χ1v) is 10.9. The first kappa shape index (κ1) is 21.0. The lowest BCUT2D eigenvalue weighted by molar-refractivity contribution is 0.0729. The topological polar surface area (TPSA) is 84.9 Å². The Kier molecular flexibility index (Phi) is 7.03. The number of amides is 1. The predicted octanol–water partition coefficient (Wildman–Crippen LogP) is 2.67. The standard InChI is InChI=1S/C21H24N2O5S/c1-2-12-28-20-5-3-4-19(15-20)22-21(24)18-8-6-17(7-9-18)16-29(25,26)23-10-13-27-14-11-23/h2-9,15H,1,10-14,16H2,(H,22,24). The summed E-state index contributed by atoms with van der Waals surface area (Å²) in [5.41, 5.74) is 1.68. The van der Waals surface area contributed by atoms with Crippen LogP contribution in [0, 0.1) is 0 Å². The molecule has 8 heteroatoms. The molecule has 0 atom stereocenters. The second-order valence-corrected chi connectivity index (χ2v) is 8.52. The molecule has 0 aliphatic carbocycles. The van der Waals surface area contributed by atoms with Crippen molar-refractivity contribution in [1.82, 2.24) is 4.31 Å². The normalized spacial score (nSPS) is 14.9. The number of hydrogen-bond donors (Lipinski definition) is 1. The van der Waals surface area contributed by atoms with Crippen LogP contribution in [0.2, 0.25) is 0 Å². The summed E-state index contributed by atoms with van der Waals surface area (Å²) in [5.74, 6) is 0.247. The maximum absolute atomic E-state index is 12.5. The van der Waals surface area contributed by atoms with Crippen LogP contribution in [-0.2, 0) is 20.5 Å². The van der Waals surface area contributed by atoms with Crippen LogP contribution in [0.1, 0.15) is 15.9 Å². The fourth-order valence-corrected chi connectivity index (χ4v) is 4.40. The van der Waals surface area contributed by atoms with Crippen molar-refractivity contribution in [2.75, 3.05) is 38.2 Å². The minimum atomic E-state index is -3.40. The van der Waals surface area contributed by atoms with Gasteiger partial charge in [-0.15, -0.1) is 0 Å². The molecule has 0 unspecified atom stereocenters. The van der Waals surface area contributed by atoms with Gasteiger partial charge in [-0.2, -0.15) is 4.31 Å². The molecule has 1 N–H and O–H groups in total. The number of anilines is 1. The Morgan fingerprint density at radius 2 is 1.90 bits per heavy atom. The largest absolute Gasteiger partial charge is 0.489 e. The first-order chi connectivity index (χ1) is 14.0. The molecule has 154 valence electrons. The summed E-state index contributed by atoms with van der Waals surface area (Å²) in [7, 11) is -3.40. The zero-order valence-corrected chi connectivity index (χ0v) is 16.9. The summed E-state index contributed by atoms with van der Waals surface area (Å²) < 4.78 is 37.1. The van der Waals surface area contributed by atoms with Gasteiger partial charge < -0.3 is 14.8 Å². The Balaban J connectivity index is 1.62. The van der Waals surface area contributed by atoms with E-state index < -0.39 is 10.0 Å². The van der Waals surface area contributed by atoms with Crippen molar-refractivity contribution in [2.24, 2.45) is 0 Å². The van der Waals surface area contributed by atoms with Crippen LogP contribution < -0.4 is 10.1 Å². The van der Waals surface area contributed by atoms with E-state index in [-0.39, 0.29) is 11.7 Å². The number of morpholine rings is 1. The minimum absolute atomic E-state index is 0.0996. The highest BCUT2D eigenvalue weighted by molar-refractivity contribution is 7.88. The first-order valence-electron chi connectivity index (χ1n) is 9.27. The van der Waals surface area contributed by atoms with Crippen LogP contribution in [0.5, 0.6) is 5.75 Å². The molecule has 0 radical (unpaired) electrons. The zero-order chi connectivity index (χ0) is 20.7. The highest BCUT2D eigenvalue weighted by Crippen LogP contribution is 2.19. The maximum Gasteiger partial charge on any atom is 0.255 e. The number of ether oxygens (including phenoxy) is 2. The highest BCUT2D eigenvalue weighted by Gasteiger charge is 2.24. The number of carbonyl (C=O) groups is 1. The van der Waals surface area contributed by atoms with Crippen molar-refractivity contribution < 1.29 is 22.7 Å². The fraction of sp³-hybridized carbons (Fsp3) is 0.286. The maximum atomic E-state index is 12.5. The number of benzene rings is 2. The molecular formula is C21H24N2O5S. The zero-order valence-electron chi connectivity index (χ0n) is 16.0. The van der Waals surface area contributed by atoms with Crippen molar-refractivity contribution in [3.8, 4) is 5.75 Å². The molecule has 1 aliphatic heterocycles. The average molecular weight is 416 g/mol. The SMILES string of the molecule is C=CCOc1cccc(NC(=O)c2ccc(CS(=O)(=O)N3CCOCC3)cc2)c1. The number of sulfonamides is 1. The summed E-state index contributed by atoms with van der Waals surface area (Å²) in [4.78, 5) is 12.5. The lowest BCUT2D eigenvalue weighted by Gasteiger charge is -2.26. The van der Waals surface area contributed by atoms with Crippen molar-refractivity contribution in [2.45, 2.75) is 5.75 Å². The third-order valence-electron chi connectivity index (χ3n) is 4.39. The van der Waals surface area contributed by atoms with E-state index >= 15 is 0 Å². The lowest BCUT2D eigenvalue weighted by atomic mass is 10.1. The molecule has 0 aromatic heterocycles. The molecule has 0 saturated carbocycles. The van der Waals surface area contributed by atoms with Gasteiger partial charge in [0.25, 0.3) is 5.91 Å². The molecule has 0 spiro atoms. The minimum Gasteiger partial charge on any atom is -0.489 e. The monoisotopic (exact) mass is 416 g/mol. The van der Waals surface area contributed by atoms with Crippen molar-refractivity contribution in [3.63, 3.8) is 0 Å². The summed E-state index contributed by atoms with van der Waals surface area (Å²) in [6.45, 7) is 5.56. The van der Waals surface area contributed by atoms with E-state index in [4.69, 9.17) is 9.47 Å². The van der Waals surface area contributed by atoms with Gasteiger partial charge in [-0.3, -0.25) is 4.79 Å². The van der Waals surface area contributed by atoms with Gasteiger partial charge >= 0.3 is 0 Å². The lowest BCUT2D eigenvalue weighted by Crippen LogP contribution is -2.41. The van der Waals surface area contributed by atoms with Gasteiger partial charge in [-0.05, 0) is 29.8 Å². The van der Waals surface area contributed by atoms with Crippen LogP contribution in [0.25, 0.3) is 0 Å². The van der Waals surface area contributed by atoms with E-state index in [1.807, 2.05) is 0 Å². The molecule has 1 saturated heterocycles. The molecule has 2 aromatic carbocycles. The van der Waals surface area contributed by atoms with Gasteiger partial charge in [-0.25, -0.2) is 8.42 Å². The van der Waals surface area contributed by atoms with E-state index in [0.29, 0.717) is 55.5 Å². The second kappa shape index (κ2) is 9.69. The molecular weight excluding hydrogens is 392 g/mol. The molecule has 1 aliphatic rings. The number of hydrogen-bond acceptors (Lipinski definition) is 5. The van der Waals surface area contributed by atoms with Crippen molar-refractivity contribution >= 4 is 21.6 Å². The average Bonchev–Trinajstić information content (AvgIpc) is 2.73. The Labute approximate surface area is 171 Å². The Morgan fingerprint density at radius 3 is 2.59 bits per heavy atom. The van der Waals surface area contributed by atoms with Gasteiger partial charge in [0.05, 0.1) is 19.0 Å². The third kappa shape index (κ3) is 5.90. The van der Waals surface area contributed by atoms with Crippen molar-refractivity contribution in [1.29, 1.82) is 0 Å². The second-order valence-electron chi connectivity index (χ2n) is 6.55. The quantitative estimate of drug-likeness (QED) is 0.669. The summed E-state index contributed by atoms with van der Waals surface area (Å²) in [6.07, 6.45) is 1.64. The summed E-state index contributed by atoms with van der Waals surface area (Å²) in [6, 6.07) is 13.6. The van der Waals surface area contributed by atoms with E-state index in [2.05, 4.69) is 11.9 Å². The van der Waals surface area contributed by atoms with E-state index in [0.717, 1.165) is 0 Å². The predicted molar refractivity (Wildman–Crippen MR) is 112 cm³/mol. The van der Waals surface area contributed by atoms with Crippen LogP contribution in [-0.4, -0.2) is 51.5 Å². The molecule has 7 nitrogen and oxygen atoms in total. The molecule has 1 heterocycles. The van der Waals surface area contributed by atoms with Crippen LogP contribution in [0.4, 0.5) is 5.69 Å². The molecule has 0 bridgehead atoms. The third-order valence-corrected chi connectivity index (χ3v) is 6.24. The van der Waals surface area contributed by atoms with Gasteiger partial charge in [0.15, 0.2) is 0 Å². The van der Waals surface area contributed by atoms with Gasteiger partial charge in [0.1, 0.15) is 12.4 Å². The highest BCUT2D eigenvalue weighted by atomic mass is 32.2. The number of carbonyl (C=O) groups excluding carboxylic acids is 1. The Hall–Kier alpha value is -2.68. The number of rotatable bonds is 8. The van der Waals surface area contributed by atoms with E-state index in [1.54, 1.807) is 54.6 Å². The molecule has 2 aromatic rings. The van der Waals surface area contributed by atoms with Gasteiger partial charge in [0, 0.05) is 30.4 Å². The fourth-order valence-electron chi connectivity index (χ4n) is 2.90. The van der Waals surface area contributed by atoms with Crippen LogP contribution in [0.15, 0.2) is 61.2 Å². The van der Waals surface area contributed by atoms with Crippen LogP contribution >= 0.6 is 0 Å². The van der Waals surface area contributed by atoms with Crippen molar-refractivity contribution in [3.05, 3.63) is 72.3 Å². The molecule has 1 fully saturated rings. The number of nitrogens with one attached hydrogen (secondary N) is 1. The molecule has 29 heavy (non-hydrogen) atoms. The van der Waals surface area contributed by atoms with E-state index in [1.165, 1.54) is 4.31 Å². The molecule has 1 amide bonds. The Bertz CT molecular complexity index is 951.